The largest absolute Gasteiger partial charge is 0.489 e. The van der Waals surface area contributed by atoms with E-state index in [0.717, 1.165) is 19.9 Å². The van der Waals surface area contributed by atoms with E-state index in [4.69, 9.17) is 20.8 Å². The predicted octanol–water partition coefficient (Wildman–Crippen LogP) is 6.16. The fourth-order valence-electron chi connectivity index (χ4n) is 2.36. The SMILES string of the molecule is CC(C)Oc1ccc(/C=N\NC(=O)c2cc3cc(Br)cc(Br)c3o2)cc1Cl. The van der Waals surface area contributed by atoms with Crippen LogP contribution in [0.3, 0.4) is 0 Å². The summed E-state index contributed by atoms with van der Waals surface area (Å²) in [7, 11) is 0. The smallest absolute Gasteiger partial charge is 0.307 e. The second-order valence-corrected chi connectivity index (χ2v) is 8.15. The number of hydrogen-bond donors (Lipinski definition) is 1. The van der Waals surface area contributed by atoms with Crippen LogP contribution in [0.15, 0.2) is 54.9 Å². The van der Waals surface area contributed by atoms with Crippen LogP contribution in [0.25, 0.3) is 11.0 Å². The summed E-state index contributed by atoms with van der Waals surface area (Å²) in [6.45, 7) is 3.85. The number of nitrogens with zero attached hydrogens (tertiary/aromatic N) is 1. The average Bonchev–Trinajstić information content (AvgIpc) is 3.01. The molecular formula is C19H15Br2ClN2O3. The maximum Gasteiger partial charge on any atom is 0.307 e. The van der Waals surface area contributed by atoms with Crippen molar-refractivity contribution in [2.45, 2.75) is 20.0 Å². The molecule has 1 amide bonds. The van der Waals surface area contributed by atoms with Crippen LogP contribution in [0.5, 0.6) is 5.75 Å². The lowest BCUT2D eigenvalue weighted by Gasteiger charge is -2.11. The Balaban J connectivity index is 1.70. The average molecular weight is 515 g/mol. The maximum atomic E-state index is 12.3. The van der Waals surface area contributed by atoms with Crippen LogP contribution >= 0.6 is 43.5 Å². The third-order valence-electron chi connectivity index (χ3n) is 3.46. The third-order valence-corrected chi connectivity index (χ3v) is 4.80. The molecule has 0 fully saturated rings. The van der Waals surface area contributed by atoms with Crippen LogP contribution in [0.1, 0.15) is 30.0 Å². The zero-order valence-electron chi connectivity index (χ0n) is 14.4. The normalized spacial score (nSPS) is 11.5. The zero-order valence-corrected chi connectivity index (χ0v) is 18.4. The molecule has 1 aromatic heterocycles. The van der Waals surface area contributed by atoms with Crippen molar-refractivity contribution < 1.29 is 13.9 Å². The first-order valence-corrected chi connectivity index (χ1v) is 9.98. The first kappa shape index (κ1) is 19.9. The monoisotopic (exact) mass is 512 g/mol. The standard InChI is InChI=1S/C19H15Br2ClN2O3/c1-10(2)26-16-4-3-11(5-15(16)22)9-23-24-19(25)17-7-12-6-13(20)8-14(21)18(12)27-17/h3-10H,1-2H3,(H,24,25)/b23-9-. The number of rotatable bonds is 5. The highest BCUT2D eigenvalue weighted by molar-refractivity contribution is 9.11. The number of hydrazone groups is 1. The van der Waals surface area contributed by atoms with E-state index in [9.17, 15) is 4.79 Å². The van der Waals surface area contributed by atoms with Gasteiger partial charge in [-0.2, -0.15) is 5.10 Å². The van der Waals surface area contributed by atoms with Crippen LogP contribution in [-0.2, 0) is 0 Å². The first-order chi connectivity index (χ1) is 12.8. The minimum atomic E-state index is -0.448. The summed E-state index contributed by atoms with van der Waals surface area (Å²) in [5.41, 5.74) is 3.77. The Hall–Kier alpha value is -1.83. The predicted molar refractivity (Wildman–Crippen MR) is 114 cm³/mol. The summed E-state index contributed by atoms with van der Waals surface area (Å²) < 4.78 is 12.8. The van der Waals surface area contributed by atoms with Gasteiger partial charge in [0.2, 0.25) is 0 Å². The number of ether oxygens (including phenoxy) is 1. The van der Waals surface area contributed by atoms with Crippen LogP contribution in [0.2, 0.25) is 5.02 Å². The lowest BCUT2D eigenvalue weighted by Crippen LogP contribution is -2.16. The van der Waals surface area contributed by atoms with E-state index in [1.807, 2.05) is 26.0 Å². The van der Waals surface area contributed by atoms with Crippen molar-refractivity contribution in [2.75, 3.05) is 0 Å². The van der Waals surface area contributed by atoms with Crippen LogP contribution in [0.4, 0.5) is 0 Å². The molecule has 5 nitrogen and oxygen atoms in total. The van der Waals surface area contributed by atoms with Crippen molar-refractivity contribution >= 4 is 66.6 Å². The zero-order chi connectivity index (χ0) is 19.6. The van der Waals surface area contributed by atoms with E-state index < -0.39 is 5.91 Å². The lowest BCUT2D eigenvalue weighted by molar-refractivity contribution is 0.0929. The van der Waals surface area contributed by atoms with Gasteiger partial charge >= 0.3 is 5.91 Å². The van der Waals surface area contributed by atoms with E-state index >= 15 is 0 Å². The fourth-order valence-corrected chi connectivity index (χ4v) is 3.93. The molecule has 3 rings (SSSR count). The van der Waals surface area contributed by atoms with Crippen LogP contribution in [0, 0.1) is 0 Å². The van der Waals surface area contributed by atoms with Crippen molar-refractivity contribution in [1.82, 2.24) is 5.43 Å². The summed E-state index contributed by atoms with van der Waals surface area (Å²) in [6, 6.07) is 10.7. The molecule has 0 saturated heterocycles. The van der Waals surface area contributed by atoms with Crippen molar-refractivity contribution in [2.24, 2.45) is 5.10 Å². The van der Waals surface area contributed by atoms with Gasteiger partial charge in [-0.3, -0.25) is 4.79 Å². The Kier molecular flexibility index (Phi) is 6.24. The molecule has 1 heterocycles. The van der Waals surface area contributed by atoms with Crippen LogP contribution in [-0.4, -0.2) is 18.2 Å². The number of fused-ring (bicyclic) bond motifs is 1. The molecule has 3 aromatic rings. The number of carbonyl (C=O) groups is 1. The number of amides is 1. The van der Waals surface area contributed by atoms with E-state index in [1.165, 1.54) is 6.21 Å². The molecule has 8 heteroatoms. The molecule has 1 N–H and O–H groups in total. The minimum Gasteiger partial charge on any atom is -0.489 e. The number of hydrogen-bond acceptors (Lipinski definition) is 4. The highest BCUT2D eigenvalue weighted by atomic mass is 79.9. The van der Waals surface area contributed by atoms with Gasteiger partial charge in [0, 0.05) is 9.86 Å². The van der Waals surface area contributed by atoms with Gasteiger partial charge in [0.1, 0.15) is 11.3 Å². The quantitative estimate of drug-likeness (QED) is 0.328. The number of halogens is 3. The Bertz CT molecular complexity index is 1030. The summed E-state index contributed by atoms with van der Waals surface area (Å²) in [5, 5.41) is 5.24. The molecule has 0 aliphatic carbocycles. The summed E-state index contributed by atoms with van der Waals surface area (Å²) in [5.74, 6) is 0.322. The topological polar surface area (TPSA) is 63.8 Å². The molecule has 2 aromatic carbocycles. The molecule has 0 spiro atoms. The van der Waals surface area contributed by atoms with Crippen LogP contribution < -0.4 is 10.2 Å². The van der Waals surface area contributed by atoms with Gasteiger partial charge < -0.3 is 9.15 Å². The number of nitrogens with one attached hydrogen (secondary N) is 1. The molecule has 0 atom stereocenters. The number of furan rings is 1. The Morgan fingerprint density at radius 2 is 2.04 bits per heavy atom. The molecule has 0 aliphatic rings. The van der Waals surface area contributed by atoms with Gasteiger partial charge in [0.25, 0.3) is 0 Å². The molecule has 0 bridgehead atoms. The van der Waals surface area contributed by atoms with Crippen molar-refractivity contribution in [3.05, 3.63) is 61.7 Å². The number of benzene rings is 2. The van der Waals surface area contributed by atoms with E-state index in [1.54, 1.807) is 24.3 Å². The van der Waals surface area contributed by atoms with Crippen molar-refractivity contribution in [1.29, 1.82) is 0 Å². The van der Waals surface area contributed by atoms with Crippen molar-refractivity contribution in [3.8, 4) is 5.75 Å². The first-order valence-electron chi connectivity index (χ1n) is 8.01. The highest BCUT2D eigenvalue weighted by Crippen LogP contribution is 2.31. The van der Waals surface area contributed by atoms with E-state index in [-0.39, 0.29) is 11.9 Å². The highest BCUT2D eigenvalue weighted by Gasteiger charge is 2.14. The minimum absolute atomic E-state index is 0.0331. The lowest BCUT2D eigenvalue weighted by atomic mass is 10.2. The number of carbonyl (C=O) groups excluding carboxylic acids is 1. The molecule has 0 radical (unpaired) electrons. The van der Waals surface area contributed by atoms with Gasteiger partial charge in [-0.25, -0.2) is 5.43 Å². The fraction of sp³-hybridized carbons (Fsp3) is 0.158. The maximum absolute atomic E-state index is 12.3. The summed E-state index contributed by atoms with van der Waals surface area (Å²) in [6.07, 6.45) is 1.53. The van der Waals surface area contributed by atoms with Gasteiger partial charge in [-0.05, 0) is 71.7 Å². The molecule has 0 unspecified atom stereocenters. The molecule has 0 aliphatic heterocycles. The molecule has 140 valence electrons. The van der Waals surface area contributed by atoms with Gasteiger partial charge in [-0.15, -0.1) is 0 Å². The Labute approximate surface area is 178 Å². The molecule has 27 heavy (non-hydrogen) atoms. The van der Waals surface area contributed by atoms with Gasteiger partial charge in [0.05, 0.1) is 21.8 Å². The summed E-state index contributed by atoms with van der Waals surface area (Å²) in [4.78, 5) is 12.3. The van der Waals surface area contributed by atoms with E-state index in [0.29, 0.717) is 16.4 Å². The molecular weight excluding hydrogens is 499 g/mol. The second kappa shape index (κ2) is 8.46. The van der Waals surface area contributed by atoms with E-state index in [2.05, 4.69) is 42.4 Å². The Morgan fingerprint density at radius 3 is 2.74 bits per heavy atom. The molecule has 0 saturated carbocycles. The second-order valence-electron chi connectivity index (χ2n) is 5.97. The van der Waals surface area contributed by atoms with Gasteiger partial charge in [-0.1, -0.05) is 27.5 Å². The van der Waals surface area contributed by atoms with Crippen molar-refractivity contribution in [3.63, 3.8) is 0 Å². The third kappa shape index (κ3) is 4.91. The van der Waals surface area contributed by atoms with Gasteiger partial charge in [0.15, 0.2) is 5.76 Å². The summed E-state index contributed by atoms with van der Waals surface area (Å²) >= 11 is 13.0. The Morgan fingerprint density at radius 1 is 1.26 bits per heavy atom.